The van der Waals surface area contributed by atoms with Crippen LogP contribution in [0.1, 0.15) is 0 Å². The van der Waals surface area contributed by atoms with E-state index in [1.165, 1.54) is 16.7 Å². The second-order valence-corrected chi connectivity index (χ2v) is 3.34. The van der Waals surface area contributed by atoms with E-state index >= 15 is 0 Å². The molecule has 0 bridgehead atoms. The van der Waals surface area contributed by atoms with Crippen molar-refractivity contribution in [2.24, 2.45) is 4.99 Å². The molecule has 1 nitrogen and oxygen atoms in total. The van der Waals surface area contributed by atoms with Crippen molar-refractivity contribution in [3.63, 3.8) is 0 Å². The third-order valence-electron chi connectivity index (χ3n) is 0.838. The highest BCUT2D eigenvalue weighted by molar-refractivity contribution is 7.80. The van der Waals surface area contributed by atoms with Crippen LogP contribution < -0.4 is 0 Å². The Bertz CT molecular complexity index is 254. The lowest BCUT2D eigenvalue weighted by Gasteiger charge is -1.77. The van der Waals surface area contributed by atoms with Gasteiger partial charge in [-0.2, -0.15) is 0 Å². The number of thiocarbonyl (C=S) groups is 1. The fourth-order valence-electron chi connectivity index (χ4n) is 0.485. The van der Waals surface area contributed by atoms with Crippen molar-refractivity contribution in [2.45, 2.75) is 0 Å². The van der Waals surface area contributed by atoms with E-state index in [0.29, 0.717) is 0 Å². The molecule has 4 heteroatoms. The maximum absolute atomic E-state index is 5.65. The average Bonchev–Trinajstić information content (AvgIpc) is 2.31. The molecule has 0 saturated carbocycles. The van der Waals surface area contributed by atoms with Crippen LogP contribution in [0.4, 0.5) is 5.69 Å². The van der Waals surface area contributed by atoms with Crippen LogP contribution in [-0.4, -0.2) is 11.6 Å². The van der Waals surface area contributed by atoms with Gasteiger partial charge < -0.3 is 0 Å². The Morgan fingerprint density at radius 1 is 1.70 bits per heavy atom. The first-order valence-electron chi connectivity index (χ1n) is 2.55. The second kappa shape index (κ2) is 3.81. The number of aliphatic imine (C=N–C) groups is 1. The van der Waals surface area contributed by atoms with E-state index in [0.717, 1.165) is 10.0 Å². The van der Waals surface area contributed by atoms with Crippen molar-refractivity contribution in [3.8, 4) is 0 Å². The summed E-state index contributed by atoms with van der Waals surface area (Å²) in [5.41, 5.74) is 0.858. The summed E-state index contributed by atoms with van der Waals surface area (Å²) in [5.74, 6) is 0. The van der Waals surface area contributed by atoms with Crippen LogP contribution in [0.3, 0.4) is 0 Å². The normalized spacial score (nSPS) is 10.5. The molecule has 0 aromatic carbocycles. The molecule has 0 aliphatic carbocycles. The molecule has 1 aromatic rings. The molecule has 52 valence electrons. The molecule has 0 aliphatic rings. The molecule has 0 fully saturated rings. The second-order valence-electron chi connectivity index (χ2n) is 1.52. The van der Waals surface area contributed by atoms with Crippen LogP contribution in [0.15, 0.2) is 16.4 Å². The van der Waals surface area contributed by atoms with Gasteiger partial charge in [-0.05, 0) is 6.07 Å². The summed E-state index contributed by atoms with van der Waals surface area (Å²) in [7, 11) is 0. The molecule has 0 aliphatic heterocycles. The largest absolute Gasteiger partial charge is 0.255 e. The molecule has 0 saturated heterocycles. The maximum atomic E-state index is 5.65. The van der Waals surface area contributed by atoms with E-state index in [1.54, 1.807) is 12.3 Å². The minimum Gasteiger partial charge on any atom is -0.255 e. The summed E-state index contributed by atoms with van der Waals surface area (Å²) < 4.78 is 0.747. The zero-order chi connectivity index (χ0) is 7.40. The summed E-state index contributed by atoms with van der Waals surface area (Å²) in [6, 6.07) is 1.79. The van der Waals surface area contributed by atoms with Gasteiger partial charge >= 0.3 is 0 Å². The highest BCUT2D eigenvalue weighted by atomic mass is 35.5. The Morgan fingerprint density at radius 2 is 2.50 bits per heavy atom. The number of rotatable bonds is 2. The number of thiophene rings is 1. The number of hydrogen-bond donors (Lipinski definition) is 0. The first kappa shape index (κ1) is 7.85. The van der Waals surface area contributed by atoms with Gasteiger partial charge in [-0.1, -0.05) is 23.8 Å². The summed E-state index contributed by atoms with van der Waals surface area (Å²) in [6.07, 6.45) is 1.56. The zero-order valence-electron chi connectivity index (χ0n) is 4.95. The maximum Gasteiger partial charge on any atom is 0.0950 e. The minimum absolute atomic E-state index is 0.747. The number of nitrogens with zero attached hydrogens (tertiary/aromatic N) is 1. The van der Waals surface area contributed by atoms with Gasteiger partial charge in [-0.3, -0.25) is 4.99 Å². The lowest BCUT2D eigenvalue weighted by atomic mass is 10.5. The van der Waals surface area contributed by atoms with Gasteiger partial charge in [0.1, 0.15) is 0 Å². The topological polar surface area (TPSA) is 12.4 Å². The Balaban J connectivity index is 2.75. The molecular formula is C6H4ClNS2. The van der Waals surface area contributed by atoms with Crippen LogP contribution >= 0.6 is 35.2 Å². The van der Waals surface area contributed by atoms with Crippen molar-refractivity contribution in [3.05, 3.63) is 15.8 Å². The predicted octanol–water partition coefficient (Wildman–Crippen LogP) is 3.10. The van der Waals surface area contributed by atoms with E-state index in [4.69, 9.17) is 11.6 Å². The van der Waals surface area contributed by atoms with Gasteiger partial charge in [0.25, 0.3) is 0 Å². The van der Waals surface area contributed by atoms with Gasteiger partial charge in [0.15, 0.2) is 0 Å². The van der Waals surface area contributed by atoms with Gasteiger partial charge in [-0.15, -0.1) is 11.3 Å². The lowest BCUT2D eigenvalue weighted by Crippen LogP contribution is -1.64. The van der Waals surface area contributed by atoms with Gasteiger partial charge in [0, 0.05) is 17.0 Å². The highest BCUT2D eigenvalue weighted by Gasteiger charge is 1.91. The van der Waals surface area contributed by atoms with Crippen molar-refractivity contribution in [1.82, 2.24) is 0 Å². The van der Waals surface area contributed by atoms with E-state index in [1.807, 2.05) is 5.38 Å². The summed E-state index contributed by atoms with van der Waals surface area (Å²) in [5, 5.41) is 3.34. The van der Waals surface area contributed by atoms with Crippen LogP contribution in [0.25, 0.3) is 0 Å². The molecule has 1 rings (SSSR count). The average molecular weight is 190 g/mol. The summed E-state index contributed by atoms with van der Waals surface area (Å²) in [6.45, 7) is 0. The van der Waals surface area contributed by atoms with Crippen LogP contribution in [0, 0.1) is 0 Å². The predicted molar refractivity (Wildman–Crippen MR) is 51.1 cm³/mol. The van der Waals surface area contributed by atoms with Crippen LogP contribution in [0.2, 0.25) is 4.34 Å². The Kier molecular flexibility index (Phi) is 2.99. The number of halogens is 1. The smallest absolute Gasteiger partial charge is 0.0950 e. The third kappa shape index (κ3) is 2.17. The molecule has 1 aromatic heterocycles. The van der Waals surface area contributed by atoms with E-state index in [2.05, 4.69) is 17.2 Å². The van der Waals surface area contributed by atoms with Crippen molar-refractivity contribution >= 4 is 52.4 Å². The fourth-order valence-corrected chi connectivity index (χ4v) is 1.34. The molecule has 0 unspecified atom stereocenters. The van der Waals surface area contributed by atoms with Crippen molar-refractivity contribution < 1.29 is 0 Å². The zero-order valence-corrected chi connectivity index (χ0v) is 7.34. The molecule has 0 radical (unpaired) electrons. The monoisotopic (exact) mass is 189 g/mol. The van der Waals surface area contributed by atoms with Gasteiger partial charge in [0.2, 0.25) is 0 Å². The lowest BCUT2D eigenvalue weighted by molar-refractivity contribution is 1.62. The fraction of sp³-hybridized carbons (Fsp3) is 0. The van der Waals surface area contributed by atoms with Gasteiger partial charge in [0.05, 0.1) is 10.0 Å². The van der Waals surface area contributed by atoms with Crippen molar-refractivity contribution in [1.29, 1.82) is 0 Å². The third-order valence-corrected chi connectivity index (χ3v) is 2.04. The first-order valence-corrected chi connectivity index (χ1v) is 4.27. The van der Waals surface area contributed by atoms with E-state index in [-0.39, 0.29) is 0 Å². The molecule has 0 amide bonds. The van der Waals surface area contributed by atoms with Crippen LogP contribution in [0.5, 0.6) is 0 Å². The minimum atomic E-state index is 0.747. The molecule has 0 atom stereocenters. The van der Waals surface area contributed by atoms with Crippen molar-refractivity contribution in [2.75, 3.05) is 0 Å². The van der Waals surface area contributed by atoms with Crippen LogP contribution in [-0.2, 0) is 0 Å². The molecule has 1 heterocycles. The van der Waals surface area contributed by atoms with Gasteiger partial charge in [-0.25, -0.2) is 0 Å². The Hall–Kier alpha value is -0.250. The highest BCUT2D eigenvalue weighted by Crippen LogP contribution is 2.25. The summed E-state index contributed by atoms with van der Waals surface area (Å²) in [4.78, 5) is 3.99. The Labute approximate surface area is 73.4 Å². The Morgan fingerprint density at radius 3 is 3.00 bits per heavy atom. The quantitative estimate of drug-likeness (QED) is 0.515. The van der Waals surface area contributed by atoms with E-state index in [9.17, 15) is 0 Å². The number of hydrogen-bond acceptors (Lipinski definition) is 3. The molecule has 10 heavy (non-hydrogen) atoms. The van der Waals surface area contributed by atoms with E-state index < -0.39 is 0 Å². The summed E-state index contributed by atoms with van der Waals surface area (Å²) >= 11 is 11.7. The first-order chi connectivity index (χ1) is 4.83. The SMILES string of the molecule is S=CC=Nc1csc(Cl)c1. The standard InChI is InChI=1S/C6H4ClNS2/c7-6-3-5(4-10-6)8-1-2-9/h1-4H. The molecule has 0 N–H and O–H groups in total. The molecular weight excluding hydrogens is 186 g/mol. The molecule has 0 spiro atoms.